The molecule has 1 aliphatic rings. The molecular formula is C11H18ClN3. The molecule has 0 aromatic carbocycles. The predicted molar refractivity (Wildman–Crippen MR) is 61.0 cm³/mol. The zero-order chi connectivity index (χ0) is 11.0. The highest BCUT2D eigenvalue weighted by Crippen LogP contribution is 2.38. The largest absolute Gasteiger partial charge is 0.299 e. The van der Waals surface area contributed by atoms with Crippen LogP contribution in [0.4, 0.5) is 0 Å². The Morgan fingerprint density at radius 3 is 2.53 bits per heavy atom. The molecule has 1 aliphatic carbocycles. The molecule has 3 atom stereocenters. The second-order valence-corrected chi connectivity index (χ2v) is 5.19. The maximum atomic E-state index is 6.07. The normalized spacial score (nSPS) is 31.9. The van der Waals surface area contributed by atoms with Crippen molar-refractivity contribution in [3.05, 3.63) is 11.1 Å². The summed E-state index contributed by atoms with van der Waals surface area (Å²) < 4.78 is 2.10. The van der Waals surface area contributed by atoms with Crippen LogP contribution in [0.3, 0.4) is 0 Å². The Morgan fingerprint density at radius 1 is 1.27 bits per heavy atom. The summed E-state index contributed by atoms with van der Waals surface area (Å²) >= 11 is 6.07. The molecule has 3 unspecified atom stereocenters. The standard InChI is InChI=1S/C11H18ClN3/c1-7-4-5-10(8(2)6-7)15-9(3)13-14-11(15)12/h7-8,10H,4-6H2,1-3H3. The highest BCUT2D eigenvalue weighted by Gasteiger charge is 2.29. The lowest BCUT2D eigenvalue weighted by molar-refractivity contribution is 0.205. The zero-order valence-corrected chi connectivity index (χ0v) is 10.3. The molecule has 84 valence electrons. The van der Waals surface area contributed by atoms with Gasteiger partial charge in [0.15, 0.2) is 0 Å². The Kier molecular flexibility index (Phi) is 3.01. The van der Waals surface area contributed by atoms with Crippen molar-refractivity contribution in [3.8, 4) is 0 Å². The smallest absolute Gasteiger partial charge is 0.225 e. The minimum atomic E-state index is 0.490. The van der Waals surface area contributed by atoms with Crippen LogP contribution >= 0.6 is 11.6 Å². The Bertz CT molecular complexity index is 328. The number of halogens is 1. The van der Waals surface area contributed by atoms with Crippen molar-refractivity contribution >= 4 is 11.6 Å². The molecular weight excluding hydrogens is 210 g/mol. The first-order valence-corrected chi connectivity index (χ1v) is 6.04. The first-order chi connectivity index (χ1) is 7.09. The highest BCUT2D eigenvalue weighted by atomic mass is 35.5. The SMILES string of the molecule is Cc1nnc(Cl)n1C1CCC(C)CC1C. The minimum absolute atomic E-state index is 0.490. The van der Waals surface area contributed by atoms with Gasteiger partial charge in [-0.05, 0) is 49.6 Å². The van der Waals surface area contributed by atoms with Gasteiger partial charge in [-0.1, -0.05) is 13.8 Å². The second-order valence-electron chi connectivity index (χ2n) is 4.85. The quantitative estimate of drug-likeness (QED) is 0.738. The summed E-state index contributed by atoms with van der Waals surface area (Å²) in [5.41, 5.74) is 0. The number of rotatable bonds is 1. The zero-order valence-electron chi connectivity index (χ0n) is 9.57. The van der Waals surface area contributed by atoms with Crippen molar-refractivity contribution in [2.75, 3.05) is 0 Å². The topological polar surface area (TPSA) is 30.7 Å². The molecule has 0 N–H and O–H groups in total. The van der Waals surface area contributed by atoms with Gasteiger partial charge in [0.2, 0.25) is 5.28 Å². The molecule has 4 heteroatoms. The summed E-state index contributed by atoms with van der Waals surface area (Å²) in [5.74, 6) is 2.44. The monoisotopic (exact) mass is 227 g/mol. The molecule has 0 spiro atoms. The van der Waals surface area contributed by atoms with Gasteiger partial charge >= 0.3 is 0 Å². The van der Waals surface area contributed by atoms with E-state index >= 15 is 0 Å². The van der Waals surface area contributed by atoms with Crippen molar-refractivity contribution in [3.63, 3.8) is 0 Å². The fourth-order valence-electron chi connectivity index (χ4n) is 2.75. The number of aromatic nitrogens is 3. The molecule has 15 heavy (non-hydrogen) atoms. The van der Waals surface area contributed by atoms with Gasteiger partial charge in [-0.25, -0.2) is 0 Å². The predicted octanol–water partition coefficient (Wildman–Crippen LogP) is 3.24. The van der Waals surface area contributed by atoms with E-state index in [0.29, 0.717) is 17.2 Å². The Balaban J connectivity index is 2.24. The van der Waals surface area contributed by atoms with E-state index in [1.807, 2.05) is 6.92 Å². The molecule has 3 nitrogen and oxygen atoms in total. The van der Waals surface area contributed by atoms with Gasteiger partial charge in [0.05, 0.1) is 0 Å². The Morgan fingerprint density at radius 2 is 2.00 bits per heavy atom. The van der Waals surface area contributed by atoms with Gasteiger partial charge in [-0.3, -0.25) is 4.57 Å². The summed E-state index contributed by atoms with van der Waals surface area (Å²) in [7, 11) is 0. The van der Waals surface area contributed by atoms with Crippen LogP contribution in [-0.4, -0.2) is 14.8 Å². The summed E-state index contributed by atoms with van der Waals surface area (Å²) in [4.78, 5) is 0. The van der Waals surface area contributed by atoms with E-state index in [-0.39, 0.29) is 0 Å². The van der Waals surface area contributed by atoms with Crippen molar-refractivity contribution in [1.82, 2.24) is 14.8 Å². The van der Waals surface area contributed by atoms with Crippen molar-refractivity contribution < 1.29 is 0 Å². The molecule has 0 radical (unpaired) electrons. The van der Waals surface area contributed by atoms with Crippen LogP contribution in [0.15, 0.2) is 0 Å². The lowest BCUT2D eigenvalue weighted by Gasteiger charge is -2.34. The molecule has 0 aliphatic heterocycles. The lowest BCUT2D eigenvalue weighted by Crippen LogP contribution is -2.25. The van der Waals surface area contributed by atoms with Crippen LogP contribution in [0.1, 0.15) is 45.0 Å². The number of hydrogen-bond acceptors (Lipinski definition) is 2. The van der Waals surface area contributed by atoms with E-state index in [1.54, 1.807) is 0 Å². The molecule has 1 saturated carbocycles. The third-order valence-corrected chi connectivity index (χ3v) is 3.80. The van der Waals surface area contributed by atoms with E-state index in [2.05, 4.69) is 28.6 Å². The van der Waals surface area contributed by atoms with Crippen LogP contribution in [0.2, 0.25) is 5.28 Å². The molecule has 2 rings (SSSR count). The third kappa shape index (κ3) is 2.03. The van der Waals surface area contributed by atoms with Crippen LogP contribution in [0.25, 0.3) is 0 Å². The van der Waals surface area contributed by atoms with Crippen molar-refractivity contribution in [1.29, 1.82) is 0 Å². The van der Waals surface area contributed by atoms with Crippen LogP contribution in [0, 0.1) is 18.8 Å². The van der Waals surface area contributed by atoms with Crippen LogP contribution in [0.5, 0.6) is 0 Å². The van der Waals surface area contributed by atoms with E-state index < -0.39 is 0 Å². The summed E-state index contributed by atoms with van der Waals surface area (Å²) in [6, 6.07) is 0.490. The van der Waals surface area contributed by atoms with E-state index in [4.69, 9.17) is 11.6 Å². The van der Waals surface area contributed by atoms with Crippen LogP contribution in [-0.2, 0) is 0 Å². The van der Waals surface area contributed by atoms with Gasteiger partial charge in [-0.2, -0.15) is 0 Å². The summed E-state index contributed by atoms with van der Waals surface area (Å²) in [5, 5.41) is 8.49. The minimum Gasteiger partial charge on any atom is -0.299 e. The molecule has 0 amide bonds. The lowest BCUT2D eigenvalue weighted by atomic mass is 9.80. The maximum Gasteiger partial charge on any atom is 0.225 e. The maximum absolute atomic E-state index is 6.07. The first-order valence-electron chi connectivity index (χ1n) is 5.66. The van der Waals surface area contributed by atoms with E-state index in [9.17, 15) is 0 Å². The molecule has 1 heterocycles. The van der Waals surface area contributed by atoms with E-state index in [0.717, 1.165) is 11.7 Å². The first kappa shape index (κ1) is 10.9. The van der Waals surface area contributed by atoms with Gasteiger partial charge in [-0.15, -0.1) is 10.2 Å². The number of aryl methyl sites for hydroxylation is 1. The van der Waals surface area contributed by atoms with Crippen molar-refractivity contribution in [2.45, 2.75) is 46.1 Å². The van der Waals surface area contributed by atoms with Gasteiger partial charge in [0.1, 0.15) is 5.82 Å². The van der Waals surface area contributed by atoms with Gasteiger partial charge in [0.25, 0.3) is 0 Å². The summed E-state index contributed by atoms with van der Waals surface area (Å²) in [6.45, 7) is 6.60. The molecule has 0 bridgehead atoms. The van der Waals surface area contributed by atoms with Crippen molar-refractivity contribution in [2.24, 2.45) is 11.8 Å². The molecule has 0 saturated heterocycles. The third-order valence-electron chi connectivity index (χ3n) is 3.54. The van der Waals surface area contributed by atoms with Crippen LogP contribution < -0.4 is 0 Å². The Labute approximate surface area is 95.8 Å². The fourth-order valence-corrected chi connectivity index (χ4v) is 3.04. The molecule has 1 aromatic heterocycles. The average molecular weight is 228 g/mol. The fraction of sp³-hybridized carbons (Fsp3) is 0.818. The average Bonchev–Trinajstić information content (AvgIpc) is 2.48. The molecule has 1 aromatic rings. The molecule has 1 fully saturated rings. The van der Waals surface area contributed by atoms with Gasteiger partial charge < -0.3 is 0 Å². The highest BCUT2D eigenvalue weighted by molar-refractivity contribution is 6.28. The number of nitrogens with zero attached hydrogens (tertiary/aromatic N) is 3. The Hall–Kier alpha value is -0.570. The van der Waals surface area contributed by atoms with E-state index in [1.165, 1.54) is 19.3 Å². The second kappa shape index (κ2) is 4.12. The summed E-state index contributed by atoms with van der Waals surface area (Å²) in [6.07, 6.45) is 3.75. The van der Waals surface area contributed by atoms with Gasteiger partial charge in [0, 0.05) is 6.04 Å². The number of hydrogen-bond donors (Lipinski definition) is 0.